The second-order valence-corrected chi connectivity index (χ2v) is 4.93. The third-order valence-corrected chi connectivity index (χ3v) is 3.68. The maximum atomic E-state index is 3.56. The molecule has 17 heavy (non-hydrogen) atoms. The van der Waals surface area contributed by atoms with E-state index < -0.39 is 0 Å². The van der Waals surface area contributed by atoms with Crippen molar-refractivity contribution in [3.8, 4) is 0 Å². The molecule has 0 bridgehead atoms. The van der Waals surface area contributed by atoms with E-state index in [9.17, 15) is 0 Å². The standard InChI is InChI=1S/C15H19NS/c1-3-12-6-5-7-13(10-12)15(16-4-2)14-8-9-17-11-14/h5-11,15-16H,3-4H2,1-2H3. The summed E-state index contributed by atoms with van der Waals surface area (Å²) in [6, 6.07) is 11.4. The molecule has 1 atom stereocenters. The van der Waals surface area contributed by atoms with Crippen LogP contribution in [0.4, 0.5) is 0 Å². The predicted octanol–water partition coefficient (Wildman–Crippen LogP) is 4.01. The number of rotatable bonds is 5. The Hall–Kier alpha value is -1.12. The van der Waals surface area contributed by atoms with Crippen molar-refractivity contribution < 1.29 is 0 Å². The average Bonchev–Trinajstić information content (AvgIpc) is 2.89. The number of nitrogens with one attached hydrogen (secondary N) is 1. The van der Waals surface area contributed by atoms with Crippen molar-refractivity contribution in [3.05, 3.63) is 57.8 Å². The van der Waals surface area contributed by atoms with Crippen molar-refractivity contribution in [2.24, 2.45) is 0 Å². The quantitative estimate of drug-likeness (QED) is 0.839. The lowest BCUT2D eigenvalue weighted by Crippen LogP contribution is -2.21. The second-order valence-electron chi connectivity index (χ2n) is 4.15. The Labute approximate surface area is 108 Å². The van der Waals surface area contributed by atoms with E-state index in [4.69, 9.17) is 0 Å². The van der Waals surface area contributed by atoms with E-state index in [1.54, 1.807) is 11.3 Å². The van der Waals surface area contributed by atoms with E-state index in [2.05, 4.69) is 60.3 Å². The van der Waals surface area contributed by atoms with Crippen LogP contribution in [-0.2, 0) is 6.42 Å². The van der Waals surface area contributed by atoms with Gasteiger partial charge in [0.2, 0.25) is 0 Å². The molecule has 1 aromatic carbocycles. The summed E-state index contributed by atoms with van der Waals surface area (Å²) in [7, 11) is 0. The van der Waals surface area contributed by atoms with Gasteiger partial charge in [0, 0.05) is 0 Å². The topological polar surface area (TPSA) is 12.0 Å². The third-order valence-electron chi connectivity index (χ3n) is 2.98. The van der Waals surface area contributed by atoms with Gasteiger partial charge in [0.15, 0.2) is 0 Å². The van der Waals surface area contributed by atoms with Crippen LogP contribution >= 0.6 is 11.3 Å². The Balaban J connectivity index is 2.32. The predicted molar refractivity (Wildman–Crippen MR) is 75.7 cm³/mol. The zero-order chi connectivity index (χ0) is 12.1. The Morgan fingerprint density at radius 3 is 2.71 bits per heavy atom. The van der Waals surface area contributed by atoms with E-state index in [1.807, 2.05) is 0 Å². The van der Waals surface area contributed by atoms with Gasteiger partial charge >= 0.3 is 0 Å². The molecule has 0 saturated heterocycles. The van der Waals surface area contributed by atoms with E-state index in [1.165, 1.54) is 16.7 Å². The fraction of sp³-hybridized carbons (Fsp3) is 0.333. The van der Waals surface area contributed by atoms with Gasteiger partial charge in [0.25, 0.3) is 0 Å². The fourth-order valence-corrected chi connectivity index (χ4v) is 2.75. The highest BCUT2D eigenvalue weighted by atomic mass is 32.1. The maximum absolute atomic E-state index is 3.56. The van der Waals surface area contributed by atoms with Gasteiger partial charge in [0.1, 0.15) is 0 Å². The van der Waals surface area contributed by atoms with Crippen LogP contribution in [-0.4, -0.2) is 6.54 Å². The average molecular weight is 245 g/mol. The van der Waals surface area contributed by atoms with Crippen LogP contribution in [0.1, 0.15) is 36.6 Å². The first-order valence-electron chi connectivity index (χ1n) is 6.19. The molecular weight excluding hydrogens is 226 g/mol. The molecule has 0 amide bonds. The van der Waals surface area contributed by atoms with Crippen LogP contribution in [0.5, 0.6) is 0 Å². The summed E-state index contributed by atoms with van der Waals surface area (Å²) >= 11 is 1.76. The lowest BCUT2D eigenvalue weighted by atomic mass is 9.98. The molecule has 2 aromatic rings. The van der Waals surface area contributed by atoms with Crippen LogP contribution in [0.25, 0.3) is 0 Å². The minimum absolute atomic E-state index is 0.331. The van der Waals surface area contributed by atoms with Crippen LogP contribution in [0.2, 0.25) is 0 Å². The van der Waals surface area contributed by atoms with E-state index in [0.717, 1.165) is 13.0 Å². The van der Waals surface area contributed by atoms with Crippen molar-refractivity contribution in [3.63, 3.8) is 0 Å². The van der Waals surface area contributed by atoms with Crippen molar-refractivity contribution in [1.82, 2.24) is 5.32 Å². The molecule has 1 heterocycles. The minimum atomic E-state index is 0.331. The molecule has 1 N–H and O–H groups in total. The summed E-state index contributed by atoms with van der Waals surface area (Å²) < 4.78 is 0. The Morgan fingerprint density at radius 2 is 2.06 bits per heavy atom. The molecule has 2 heteroatoms. The molecule has 0 aliphatic heterocycles. The van der Waals surface area contributed by atoms with Crippen LogP contribution in [0.3, 0.4) is 0 Å². The molecule has 0 aliphatic carbocycles. The second kappa shape index (κ2) is 5.99. The SMILES string of the molecule is CCNC(c1ccsc1)c1cccc(CC)c1. The zero-order valence-corrected chi connectivity index (χ0v) is 11.3. The van der Waals surface area contributed by atoms with Crippen molar-refractivity contribution in [2.75, 3.05) is 6.54 Å². The molecule has 0 spiro atoms. The van der Waals surface area contributed by atoms with Crippen LogP contribution in [0, 0.1) is 0 Å². The molecule has 0 saturated carbocycles. The van der Waals surface area contributed by atoms with Crippen LogP contribution < -0.4 is 5.32 Å². The Bertz CT molecular complexity index is 448. The number of hydrogen-bond donors (Lipinski definition) is 1. The largest absolute Gasteiger partial charge is 0.307 e. The summed E-state index contributed by atoms with van der Waals surface area (Å²) in [4.78, 5) is 0. The molecule has 90 valence electrons. The first-order valence-corrected chi connectivity index (χ1v) is 7.13. The molecule has 0 fully saturated rings. The van der Waals surface area contributed by atoms with E-state index in [-0.39, 0.29) is 0 Å². The van der Waals surface area contributed by atoms with Gasteiger partial charge in [0.05, 0.1) is 6.04 Å². The first kappa shape index (κ1) is 12.3. The van der Waals surface area contributed by atoms with Gasteiger partial charge in [-0.2, -0.15) is 11.3 Å². The highest BCUT2D eigenvalue weighted by molar-refractivity contribution is 7.08. The molecule has 1 unspecified atom stereocenters. The van der Waals surface area contributed by atoms with Gasteiger partial charge in [-0.15, -0.1) is 0 Å². The molecule has 0 radical (unpaired) electrons. The van der Waals surface area contributed by atoms with E-state index in [0.29, 0.717) is 6.04 Å². The lowest BCUT2D eigenvalue weighted by Gasteiger charge is -2.18. The van der Waals surface area contributed by atoms with Crippen molar-refractivity contribution in [1.29, 1.82) is 0 Å². The monoisotopic (exact) mass is 245 g/mol. The molecule has 1 aromatic heterocycles. The lowest BCUT2D eigenvalue weighted by molar-refractivity contribution is 0.632. The highest BCUT2D eigenvalue weighted by Gasteiger charge is 2.13. The van der Waals surface area contributed by atoms with E-state index >= 15 is 0 Å². The van der Waals surface area contributed by atoms with Crippen molar-refractivity contribution >= 4 is 11.3 Å². The summed E-state index contributed by atoms with van der Waals surface area (Å²) in [5.74, 6) is 0. The van der Waals surface area contributed by atoms with Gasteiger partial charge in [-0.05, 0) is 46.5 Å². The third kappa shape index (κ3) is 2.96. The molecule has 2 rings (SSSR count). The number of hydrogen-bond acceptors (Lipinski definition) is 2. The molecule has 0 aliphatic rings. The van der Waals surface area contributed by atoms with Crippen molar-refractivity contribution in [2.45, 2.75) is 26.3 Å². The Kier molecular flexibility index (Phi) is 4.35. The van der Waals surface area contributed by atoms with Gasteiger partial charge in [-0.25, -0.2) is 0 Å². The molecule has 1 nitrogen and oxygen atoms in total. The maximum Gasteiger partial charge on any atom is 0.0584 e. The summed E-state index contributed by atoms with van der Waals surface area (Å²) in [5, 5.41) is 7.93. The Morgan fingerprint density at radius 1 is 1.18 bits per heavy atom. The molecular formula is C15H19NS. The summed E-state index contributed by atoms with van der Waals surface area (Å²) in [6.07, 6.45) is 1.09. The summed E-state index contributed by atoms with van der Waals surface area (Å²) in [6.45, 7) is 5.34. The van der Waals surface area contributed by atoms with Crippen LogP contribution in [0.15, 0.2) is 41.1 Å². The normalized spacial score (nSPS) is 12.6. The first-order chi connectivity index (χ1) is 8.35. The fourth-order valence-electron chi connectivity index (χ4n) is 2.06. The highest BCUT2D eigenvalue weighted by Crippen LogP contribution is 2.24. The number of thiophene rings is 1. The van der Waals surface area contributed by atoms with Gasteiger partial charge < -0.3 is 5.32 Å². The zero-order valence-electron chi connectivity index (χ0n) is 10.4. The number of benzene rings is 1. The van der Waals surface area contributed by atoms with Gasteiger partial charge in [-0.1, -0.05) is 38.1 Å². The summed E-state index contributed by atoms with van der Waals surface area (Å²) in [5.41, 5.74) is 4.13. The van der Waals surface area contributed by atoms with Gasteiger partial charge in [-0.3, -0.25) is 0 Å². The smallest absolute Gasteiger partial charge is 0.0584 e. The number of aryl methyl sites for hydroxylation is 1. The minimum Gasteiger partial charge on any atom is -0.307 e.